The monoisotopic (exact) mass is 464 g/mol. The molecular weight excluding hydrogens is 432 g/mol. The van der Waals surface area contributed by atoms with Crippen molar-refractivity contribution in [2.45, 2.75) is 44.9 Å². The summed E-state index contributed by atoms with van der Waals surface area (Å²) in [7, 11) is 0. The Labute approximate surface area is 200 Å². The molecule has 2 aromatic carbocycles. The molecule has 0 heterocycles. The van der Waals surface area contributed by atoms with Crippen LogP contribution in [0.4, 0.5) is 4.79 Å². The summed E-state index contributed by atoms with van der Waals surface area (Å²) in [6.45, 7) is 2.89. The van der Waals surface area contributed by atoms with Gasteiger partial charge in [0.1, 0.15) is 6.61 Å². The molecule has 0 aromatic heterocycles. The van der Waals surface area contributed by atoms with Crippen LogP contribution in [0.15, 0.2) is 48.5 Å². The van der Waals surface area contributed by atoms with Crippen molar-refractivity contribution in [3.8, 4) is 11.1 Å². The quantitative estimate of drug-likeness (QED) is 0.573. The second-order valence-electron chi connectivity index (χ2n) is 9.20. The zero-order valence-electron chi connectivity index (χ0n) is 19.6. The van der Waals surface area contributed by atoms with E-state index in [4.69, 9.17) is 9.84 Å². The van der Waals surface area contributed by atoms with Crippen LogP contribution in [0, 0.1) is 5.41 Å². The molecule has 7 heteroatoms. The molecule has 0 unspecified atom stereocenters. The number of carboxylic acid groups (broad SMARTS) is 1. The third-order valence-electron chi connectivity index (χ3n) is 7.19. The van der Waals surface area contributed by atoms with Crippen LogP contribution in [0.2, 0.25) is 0 Å². The Morgan fingerprint density at radius 3 is 2.18 bits per heavy atom. The summed E-state index contributed by atoms with van der Waals surface area (Å²) >= 11 is 0. The van der Waals surface area contributed by atoms with Gasteiger partial charge in [-0.3, -0.25) is 9.59 Å². The third-order valence-corrected chi connectivity index (χ3v) is 7.19. The van der Waals surface area contributed by atoms with Crippen LogP contribution in [-0.2, 0) is 14.3 Å². The van der Waals surface area contributed by atoms with Gasteiger partial charge in [0, 0.05) is 25.6 Å². The van der Waals surface area contributed by atoms with Crippen LogP contribution >= 0.6 is 0 Å². The zero-order valence-corrected chi connectivity index (χ0v) is 19.6. The molecular formula is C27H32N2O5. The first kappa shape index (κ1) is 23.8. The molecule has 4 rings (SSSR count). The minimum atomic E-state index is -0.927. The van der Waals surface area contributed by atoms with Crippen LogP contribution in [0.3, 0.4) is 0 Å². The fourth-order valence-electron chi connectivity index (χ4n) is 5.38. The predicted molar refractivity (Wildman–Crippen MR) is 128 cm³/mol. The lowest BCUT2D eigenvalue weighted by Crippen LogP contribution is -2.49. The largest absolute Gasteiger partial charge is 0.481 e. The second kappa shape index (κ2) is 10.3. The van der Waals surface area contributed by atoms with Crippen molar-refractivity contribution in [2.75, 3.05) is 26.2 Å². The number of nitrogens with zero attached hydrogens (tertiary/aromatic N) is 1. The van der Waals surface area contributed by atoms with Gasteiger partial charge >= 0.3 is 12.1 Å². The van der Waals surface area contributed by atoms with Gasteiger partial charge < -0.3 is 20.1 Å². The number of benzene rings is 2. The average molecular weight is 465 g/mol. The van der Waals surface area contributed by atoms with Crippen LogP contribution in [0.25, 0.3) is 11.1 Å². The fourth-order valence-corrected chi connectivity index (χ4v) is 5.38. The zero-order chi connectivity index (χ0) is 24.1. The van der Waals surface area contributed by atoms with Crippen LogP contribution in [0.5, 0.6) is 0 Å². The van der Waals surface area contributed by atoms with E-state index in [-0.39, 0.29) is 37.9 Å². The van der Waals surface area contributed by atoms with Gasteiger partial charge in [0.2, 0.25) is 5.91 Å². The smallest absolute Gasteiger partial charge is 0.407 e. The van der Waals surface area contributed by atoms with Crippen molar-refractivity contribution in [1.82, 2.24) is 10.2 Å². The number of hydrogen-bond acceptors (Lipinski definition) is 4. The lowest BCUT2D eigenvalue weighted by atomic mass is 9.84. The average Bonchev–Trinajstić information content (AvgIpc) is 3.45. The van der Waals surface area contributed by atoms with E-state index in [1.807, 2.05) is 31.2 Å². The minimum absolute atomic E-state index is 0.0215. The van der Waals surface area contributed by atoms with Crippen molar-refractivity contribution in [3.05, 3.63) is 59.7 Å². The molecule has 0 aliphatic heterocycles. The maximum Gasteiger partial charge on any atom is 0.407 e. The number of aliphatic carboxylic acids is 1. The predicted octanol–water partition coefficient (Wildman–Crippen LogP) is 4.41. The summed E-state index contributed by atoms with van der Waals surface area (Å²) in [5.41, 5.74) is 3.94. The Balaban J connectivity index is 1.38. The molecule has 1 saturated carbocycles. The number of fused-ring (bicyclic) bond motifs is 3. The van der Waals surface area contributed by atoms with E-state index >= 15 is 0 Å². The number of alkyl carbamates (subject to hydrolysis) is 1. The SMILES string of the molecule is CCN(CCC(=O)O)C(=O)C1(CNC(=O)OCC2c3ccccc3-c3ccccc32)CCCC1. The van der Waals surface area contributed by atoms with Gasteiger partial charge in [0.15, 0.2) is 0 Å². The van der Waals surface area contributed by atoms with Crippen molar-refractivity contribution >= 4 is 18.0 Å². The maximum absolute atomic E-state index is 13.3. The van der Waals surface area contributed by atoms with Crippen molar-refractivity contribution in [3.63, 3.8) is 0 Å². The summed E-state index contributed by atoms with van der Waals surface area (Å²) in [4.78, 5) is 38.5. The van der Waals surface area contributed by atoms with Crippen molar-refractivity contribution in [2.24, 2.45) is 5.41 Å². The summed E-state index contributed by atoms with van der Waals surface area (Å²) in [5, 5.41) is 11.8. The molecule has 2 aromatic rings. The van der Waals surface area contributed by atoms with Crippen molar-refractivity contribution in [1.29, 1.82) is 0 Å². The molecule has 0 radical (unpaired) electrons. The Kier molecular flexibility index (Phi) is 7.20. The molecule has 0 bridgehead atoms. The second-order valence-corrected chi connectivity index (χ2v) is 9.20. The van der Waals surface area contributed by atoms with Crippen LogP contribution in [0.1, 0.15) is 56.1 Å². The van der Waals surface area contributed by atoms with Gasteiger partial charge in [-0.15, -0.1) is 0 Å². The molecule has 0 spiro atoms. The first-order valence-electron chi connectivity index (χ1n) is 12.1. The van der Waals surface area contributed by atoms with E-state index in [9.17, 15) is 14.4 Å². The van der Waals surface area contributed by atoms with Gasteiger partial charge in [-0.05, 0) is 42.0 Å². The number of carbonyl (C=O) groups is 3. The normalized spacial score (nSPS) is 15.9. The van der Waals surface area contributed by atoms with E-state index in [2.05, 4.69) is 29.6 Å². The highest BCUT2D eigenvalue weighted by molar-refractivity contribution is 5.84. The number of hydrogen-bond donors (Lipinski definition) is 2. The van der Waals surface area contributed by atoms with Gasteiger partial charge in [-0.25, -0.2) is 4.79 Å². The van der Waals surface area contributed by atoms with Gasteiger partial charge in [0.25, 0.3) is 0 Å². The molecule has 0 atom stereocenters. The van der Waals surface area contributed by atoms with Crippen LogP contribution < -0.4 is 5.32 Å². The lowest BCUT2D eigenvalue weighted by molar-refractivity contribution is -0.143. The number of carboxylic acids is 1. The molecule has 2 aliphatic carbocycles. The van der Waals surface area contributed by atoms with Gasteiger partial charge in [-0.1, -0.05) is 61.4 Å². The molecule has 1 fully saturated rings. The third kappa shape index (κ3) is 4.79. The number of nitrogens with one attached hydrogen (secondary N) is 1. The summed E-state index contributed by atoms with van der Waals surface area (Å²) < 4.78 is 5.64. The van der Waals surface area contributed by atoms with Crippen LogP contribution in [-0.4, -0.2) is 54.2 Å². The highest BCUT2D eigenvalue weighted by Crippen LogP contribution is 2.44. The highest BCUT2D eigenvalue weighted by Gasteiger charge is 2.43. The van der Waals surface area contributed by atoms with Crippen molar-refractivity contribution < 1.29 is 24.2 Å². The Morgan fingerprint density at radius 2 is 1.62 bits per heavy atom. The summed E-state index contributed by atoms with van der Waals surface area (Å²) in [6.07, 6.45) is 2.56. The number of rotatable bonds is 9. The van der Waals surface area contributed by atoms with Gasteiger partial charge in [0.05, 0.1) is 11.8 Å². The molecule has 2 N–H and O–H groups in total. The summed E-state index contributed by atoms with van der Waals surface area (Å²) in [5.74, 6) is -1.02. The Bertz CT molecular complexity index is 1010. The molecule has 34 heavy (non-hydrogen) atoms. The first-order valence-corrected chi connectivity index (χ1v) is 12.1. The van der Waals surface area contributed by atoms with Gasteiger partial charge in [-0.2, -0.15) is 0 Å². The number of carbonyl (C=O) groups excluding carboxylic acids is 2. The number of ether oxygens (including phenoxy) is 1. The highest BCUT2D eigenvalue weighted by atomic mass is 16.5. The Morgan fingerprint density at radius 1 is 1.03 bits per heavy atom. The van der Waals surface area contributed by atoms with E-state index < -0.39 is 17.5 Å². The van der Waals surface area contributed by atoms with E-state index in [1.165, 1.54) is 11.1 Å². The number of amides is 2. The van der Waals surface area contributed by atoms with E-state index in [0.29, 0.717) is 19.4 Å². The molecule has 2 aliphatic rings. The van der Waals surface area contributed by atoms with E-state index in [0.717, 1.165) is 24.0 Å². The fraction of sp³-hybridized carbons (Fsp3) is 0.444. The standard InChI is InChI=1S/C27H32N2O5/c1-2-29(16-13-24(30)31)25(32)27(14-7-8-15-27)18-28-26(33)34-17-23-21-11-5-3-9-19(21)20-10-4-6-12-22(20)23/h3-6,9-12,23H,2,7-8,13-18H2,1H3,(H,28,33)(H,30,31). The minimum Gasteiger partial charge on any atom is -0.481 e. The Hall–Kier alpha value is -3.35. The maximum atomic E-state index is 13.3. The molecule has 180 valence electrons. The summed E-state index contributed by atoms with van der Waals surface area (Å²) in [6, 6.07) is 16.3. The topological polar surface area (TPSA) is 95.9 Å². The molecule has 2 amide bonds. The lowest BCUT2D eigenvalue weighted by Gasteiger charge is -2.34. The van der Waals surface area contributed by atoms with E-state index in [1.54, 1.807) is 4.90 Å². The molecule has 7 nitrogen and oxygen atoms in total. The molecule has 0 saturated heterocycles. The first-order chi connectivity index (χ1) is 16.4.